The zero-order valence-corrected chi connectivity index (χ0v) is 27.6. The van der Waals surface area contributed by atoms with Gasteiger partial charge in [-0.25, -0.2) is 9.37 Å². The van der Waals surface area contributed by atoms with Gasteiger partial charge in [-0.1, -0.05) is 31.2 Å². The summed E-state index contributed by atoms with van der Waals surface area (Å²) in [5.74, 6) is 0.903. The Morgan fingerprint density at radius 1 is 1.06 bits per heavy atom. The molecule has 47 heavy (non-hydrogen) atoms. The molecule has 3 aromatic carbocycles. The summed E-state index contributed by atoms with van der Waals surface area (Å²) in [6, 6.07) is 20.7. The Bertz CT molecular complexity index is 1870. The van der Waals surface area contributed by atoms with Gasteiger partial charge in [0, 0.05) is 60.1 Å². The molecule has 0 saturated carbocycles. The highest BCUT2D eigenvalue weighted by Gasteiger charge is 2.59. The van der Waals surface area contributed by atoms with Gasteiger partial charge in [0.2, 0.25) is 5.71 Å². The van der Waals surface area contributed by atoms with Crippen LogP contribution in [0.15, 0.2) is 90.2 Å². The number of carbonyl (C=O) groups excluding carboxylic acids is 2. The van der Waals surface area contributed by atoms with E-state index in [1.54, 1.807) is 12.1 Å². The lowest BCUT2D eigenvalue weighted by Gasteiger charge is -2.44. The normalized spacial score (nSPS) is 23.4. The maximum Gasteiger partial charge on any atom is 0.339 e. The molecule has 1 aliphatic carbocycles. The number of hydrogen-bond acceptors (Lipinski definition) is 7. The molecule has 1 N–H and O–H groups in total. The number of ether oxygens (including phenoxy) is 3. The van der Waals surface area contributed by atoms with Crippen LogP contribution in [0.4, 0.5) is 11.4 Å². The van der Waals surface area contributed by atoms with E-state index in [2.05, 4.69) is 37.5 Å². The van der Waals surface area contributed by atoms with Crippen LogP contribution in [0.5, 0.6) is 11.5 Å². The van der Waals surface area contributed by atoms with E-state index >= 15 is 0 Å². The zero-order valence-electron chi connectivity index (χ0n) is 27.6. The molecule has 3 aromatic rings. The van der Waals surface area contributed by atoms with Gasteiger partial charge in [0.1, 0.15) is 23.8 Å². The molecule has 242 valence electrons. The maximum atomic E-state index is 13.5. The number of allylic oxidation sites excluding steroid dienone is 2. The Morgan fingerprint density at radius 2 is 1.81 bits per heavy atom. The Morgan fingerprint density at radius 3 is 2.57 bits per heavy atom. The van der Waals surface area contributed by atoms with Crippen molar-refractivity contribution < 1.29 is 33.5 Å². The van der Waals surface area contributed by atoms with Crippen molar-refractivity contribution >= 4 is 29.0 Å². The van der Waals surface area contributed by atoms with Crippen molar-refractivity contribution in [2.45, 2.75) is 58.1 Å². The molecule has 3 heterocycles. The third kappa shape index (κ3) is 5.01. The minimum atomic E-state index is -1.09. The van der Waals surface area contributed by atoms with Gasteiger partial charge in [-0.2, -0.15) is 0 Å². The highest BCUT2D eigenvalue weighted by Crippen LogP contribution is 2.58. The predicted molar refractivity (Wildman–Crippen MR) is 179 cm³/mol. The minimum absolute atomic E-state index is 0.151. The van der Waals surface area contributed by atoms with Gasteiger partial charge in [-0.3, -0.25) is 4.79 Å². The summed E-state index contributed by atoms with van der Waals surface area (Å²) in [4.78, 5) is 27.7. The van der Waals surface area contributed by atoms with Crippen LogP contribution in [0, 0.1) is 11.8 Å². The summed E-state index contributed by atoms with van der Waals surface area (Å²) in [5, 5.41) is 9.82. The van der Waals surface area contributed by atoms with Crippen molar-refractivity contribution in [1.82, 2.24) is 0 Å². The summed E-state index contributed by atoms with van der Waals surface area (Å²) in [6.07, 6.45) is 6.37. The number of carbonyl (C=O) groups is 2. The van der Waals surface area contributed by atoms with E-state index in [9.17, 15) is 14.7 Å². The summed E-state index contributed by atoms with van der Waals surface area (Å²) < 4.78 is 21.0. The molecule has 0 amide bonds. The predicted octanol–water partition coefficient (Wildman–Crippen LogP) is 7.02. The van der Waals surface area contributed by atoms with Gasteiger partial charge in [0.05, 0.1) is 24.5 Å². The van der Waals surface area contributed by atoms with E-state index < -0.39 is 5.60 Å². The molecule has 4 aliphatic rings. The highest BCUT2D eigenvalue weighted by molar-refractivity contribution is 6.07. The van der Waals surface area contributed by atoms with Crippen LogP contribution in [0.25, 0.3) is 0 Å². The first-order valence-corrected chi connectivity index (χ1v) is 16.5. The summed E-state index contributed by atoms with van der Waals surface area (Å²) >= 11 is 0. The Balaban J connectivity index is 1.38. The van der Waals surface area contributed by atoms with Gasteiger partial charge >= 0.3 is 11.9 Å². The molecular weight excluding hydrogens is 592 g/mol. The minimum Gasteiger partial charge on any atom is -0.508 e. The largest absolute Gasteiger partial charge is 0.508 e. The van der Waals surface area contributed by atoms with Crippen molar-refractivity contribution in [1.29, 1.82) is 0 Å². The second-order valence-corrected chi connectivity index (χ2v) is 13.5. The quantitative estimate of drug-likeness (QED) is 0.221. The number of benzene rings is 3. The summed E-state index contributed by atoms with van der Waals surface area (Å²) in [7, 11) is 1.96. The van der Waals surface area contributed by atoms with Crippen LogP contribution >= 0.6 is 0 Å². The number of aromatic hydroxyl groups is 1. The lowest BCUT2D eigenvalue weighted by atomic mass is 9.68. The number of phenols is 1. The monoisotopic (exact) mass is 633 g/mol. The van der Waals surface area contributed by atoms with Crippen molar-refractivity contribution in [2.75, 3.05) is 25.1 Å². The molecule has 1 spiro atoms. The third-order valence-corrected chi connectivity index (χ3v) is 10.1. The number of rotatable bonds is 7. The maximum absolute atomic E-state index is 13.5. The Labute approximate surface area is 275 Å². The zero-order chi connectivity index (χ0) is 33.1. The number of fused-ring (bicyclic) bond motifs is 7. The van der Waals surface area contributed by atoms with Crippen molar-refractivity contribution in [3.05, 3.63) is 107 Å². The first-order valence-electron chi connectivity index (χ1n) is 16.5. The number of esters is 2. The van der Waals surface area contributed by atoms with E-state index in [0.717, 1.165) is 34.6 Å². The topological polar surface area (TPSA) is 88.3 Å². The number of nitrogens with zero attached hydrogens (tertiary/aromatic N) is 2. The number of hydrogen-bond donors (Lipinski definition) is 1. The van der Waals surface area contributed by atoms with Crippen LogP contribution in [0.2, 0.25) is 0 Å². The van der Waals surface area contributed by atoms with E-state index in [1.807, 2.05) is 73.5 Å². The number of anilines is 2. The van der Waals surface area contributed by atoms with Gasteiger partial charge in [-0.05, 0) is 69.2 Å². The third-order valence-electron chi connectivity index (χ3n) is 10.1. The molecule has 0 aromatic heterocycles. The van der Waals surface area contributed by atoms with Crippen LogP contribution in [0.3, 0.4) is 0 Å². The average molecular weight is 634 g/mol. The lowest BCUT2D eigenvalue weighted by Crippen LogP contribution is -2.50. The van der Waals surface area contributed by atoms with Crippen molar-refractivity contribution in [2.24, 2.45) is 11.8 Å². The van der Waals surface area contributed by atoms with Crippen molar-refractivity contribution in [3.63, 3.8) is 0 Å². The highest BCUT2D eigenvalue weighted by atomic mass is 16.6. The molecule has 8 heteroatoms. The first-order chi connectivity index (χ1) is 22.5. The SMILES string of the molecule is CCOC(=O)CCC[N+]1=C2C=C3Oc4cc(N(C)c5ccc(O)cc5)ccc4C4(OC(=O)c5ccccc54)C3C=C2C(C)CC1(C)C. The van der Waals surface area contributed by atoms with Crippen LogP contribution in [-0.2, 0) is 19.9 Å². The van der Waals surface area contributed by atoms with Gasteiger partial charge in [0.15, 0.2) is 11.1 Å². The molecule has 3 unspecified atom stereocenters. The smallest absolute Gasteiger partial charge is 0.339 e. The molecule has 0 radical (unpaired) electrons. The van der Waals surface area contributed by atoms with Crippen LogP contribution < -0.4 is 9.64 Å². The average Bonchev–Trinajstić information content (AvgIpc) is 3.34. The van der Waals surface area contributed by atoms with Gasteiger partial charge in [-0.15, -0.1) is 0 Å². The fraction of sp³-hybridized carbons (Fsp3) is 0.359. The molecule has 0 fully saturated rings. The van der Waals surface area contributed by atoms with Crippen LogP contribution in [0.1, 0.15) is 68.4 Å². The summed E-state index contributed by atoms with van der Waals surface area (Å²) in [5.41, 5.74) is 5.02. The van der Waals surface area contributed by atoms with Gasteiger partial charge in [0.25, 0.3) is 0 Å². The molecule has 7 rings (SSSR count). The first kappa shape index (κ1) is 30.8. The fourth-order valence-corrected chi connectivity index (χ4v) is 7.95. The molecule has 0 saturated heterocycles. The van der Waals surface area contributed by atoms with Crippen LogP contribution in [-0.4, -0.2) is 53.1 Å². The van der Waals surface area contributed by atoms with E-state index in [1.165, 1.54) is 5.57 Å². The molecule has 3 atom stereocenters. The van der Waals surface area contributed by atoms with E-state index in [4.69, 9.17) is 14.2 Å². The van der Waals surface area contributed by atoms with E-state index in [0.29, 0.717) is 43.1 Å². The van der Waals surface area contributed by atoms with E-state index in [-0.39, 0.29) is 35.1 Å². The second kappa shape index (κ2) is 11.4. The molecular formula is C39H41N2O6+. The lowest BCUT2D eigenvalue weighted by molar-refractivity contribution is -0.606. The molecule has 8 nitrogen and oxygen atoms in total. The standard InChI is InChI=1S/C39H40N2O6/c1-6-45-36(43)12-9-19-41-33-22-35-32(21-29(33)24(2)23-38(41,3)4)39(30-11-8-7-10-28(30)37(44)47-39)31-18-15-26(20-34(31)46-35)40(5)25-13-16-27(42)17-14-25/h7-8,10-11,13-18,20-22,24,32H,6,9,12,19,23H2,1-5H3/p+1. The molecule has 0 bridgehead atoms. The fourth-order valence-electron chi connectivity index (χ4n) is 7.95. The summed E-state index contributed by atoms with van der Waals surface area (Å²) in [6.45, 7) is 9.66. The van der Waals surface area contributed by atoms with Gasteiger partial charge < -0.3 is 24.2 Å². The Kier molecular flexibility index (Phi) is 7.49. The molecule has 3 aliphatic heterocycles. The number of phenolic OH excluding ortho intramolecular Hbond substituents is 1. The van der Waals surface area contributed by atoms with Crippen molar-refractivity contribution in [3.8, 4) is 11.5 Å². The Hall–Kier alpha value is -4.85. The second-order valence-electron chi connectivity index (χ2n) is 13.5.